The van der Waals surface area contributed by atoms with Crippen molar-refractivity contribution in [1.82, 2.24) is 4.31 Å². The number of nitrogens with one attached hydrogen (secondary N) is 1. The van der Waals surface area contributed by atoms with Gasteiger partial charge in [-0.3, -0.25) is 0 Å². The zero-order chi connectivity index (χ0) is 15.6. The van der Waals surface area contributed by atoms with Gasteiger partial charge in [0.25, 0.3) is 0 Å². The van der Waals surface area contributed by atoms with Gasteiger partial charge in [-0.25, -0.2) is 8.42 Å². The predicted octanol–water partition coefficient (Wildman–Crippen LogP) is 0.566. The van der Waals surface area contributed by atoms with Gasteiger partial charge >= 0.3 is 0 Å². The fraction of sp³-hybridized carbons (Fsp3) is 0.571. The van der Waals surface area contributed by atoms with E-state index in [4.69, 9.17) is 16.3 Å². The third-order valence-electron chi connectivity index (χ3n) is 3.72. The summed E-state index contributed by atoms with van der Waals surface area (Å²) in [6.45, 7) is 6.73. The lowest BCUT2D eigenvalue weighted by Gasteiger charge is -2.29. The molecule has 1 heterocycles. The number of sulfonamides is 1. The minimum Gasteiger partial charge on any atom is -0.492 e. The molecule has 0 atom stereocenters. The molecule has 0 bridgehead atoms. The summed E-state index contributed by atoms with van der Waals surface area (Å²) in [4.78, 5) is 1.51. The molecule has 1 N–H and O–H groups in total. The van der Waals surface area contributed by atoms with Crippen molar-refractivity contribution >= 4 is 21.6 Å². The number of aryl methyl sites for hydroxylation is 1. The normalized spacial score (nSPS) is 17.9. The van der Waals surface area contributed by atoms with Crippen LogP contribution in [0.5, 0.6) is 5.75 Å². The van der Waals surface area contributed by atoms with Crippen molar-refractivity contribution in [1.29, 1.82) is 0 Å². The summed E-state index contributed by atoms with van der Waals surface area (Å²) in [5.41, 5.74) is 0.807. The molecule has 0 aromatic heterocycles. The fourth-order valence-corrected chi connectivity index (χ4v) is 4.16. The summed E-state index contributed by atoms with van der Waals surface area (Å²) in [5.74, 6) is 0.380. The second-order valence-electron chi connectivity index (χ2n) is 5.34. The molecule has 1 aliphatic rings. The van der Waals surface area contributed by atoms with Crippen LogP contribution in [0.3, 0.4) is 0 Å². The molecule has 0 aliphatic carbocycles. The largest absolute Gasteiger partial charge is 0.492 e. The Kier molecular flexibility index (Phi) is 5.14. The number of halogens is 1. The van der Waals surface area contributed by atoms with Crippen molar-refractivity contribution in [2.45, 2.75) is 18.7 Å². The summed E-state index contributed by atoms with van der Waals surface area (Å²) in [6, 6.07) is 3.20. The van der Waals surface area contributed by atoms with Crippen molar-refractivity contribution in [2.75, 3.05) is 39.8 Å². The third-order valence-corrected chi connectivity index (χ3v) is 6.05. The Labute approximate surface area is 131 Å². The molecule has 0 spiro atoms. The molecule has 7 heteroatoms. The number of piperazine rings is 1. The molecule has 0 radical (unpaired) electrons. The average Bonchev–Trinajstić information content (AvgIpc) is 2.43. The second kappa shape index (κ2) is 6.52. The lowest BCUT2D eigenvalue weighted by Crippen LogP contribution is -3.12. The molecule has 2 rings (SSSR count). The third kappa shape index (κ3) is 3.51. The highest BCUT2D eigenvalue weighted by atomic mass is 35.5. The predicted molar refractivity (Wildman–Crippen MR) is 82.7 cm³/mol. The first kappa shape index (κ1) is 16.5. The highest BCUT2D eigenvalue weighted by Gasteiger charge is 2.32. The first-order valence-corrected chi connectivity index (χ1v) is 8.92. The van der Waals surface area contributed by atoms with Crippen molar-refractivity contribution in [3.8, 4) is 5.75 Å². The average molecular weight is 334 g/mol. The Morgan fingerprint density at radius 1 is 1.33 bits per heavy atom. The van der Waals surface area contributed by atoms with E-state index in [0.717, 1.165) is 18.7 Å². The Bertz CT molecular complexity index is 611. The van der Waals surface area contributed by atoms with Crippen LogP contribution in [0.25, 0.3) is 0 Å². The number of ether oxygens (including phenoxy) is 1. The Morgan fingerprint density at radius 2 is 1.95 bits per heavy atom. The summed E-state index contributed by atoms with van der Waals surface area (Å²) < 4.78 is 32.7. The van der Waals surface area contributed by atoms with E-state index in [-0.39, 0.29) is 4.90 Å². The van der Waals surface area contributed by atoms with E-state index in [1.54, 1.807) is 6.07 Å². The van der Waals surface area contributed by atoms with Crippen LogP contribution in [0.2, 0.25) is 5.02 Å². The molecule has 1 aromatic carbocycles. The number of rotatable bonds is 4. The quantitative estimate of drug-likeness (QED) is 0.876. The highest BCUT2D eigenvalue weighted by molar-refractivity contribution is 7.89. The number of hydrogen-bond acceptors (Lipinski definition) is 3. The number of benzene rings is 1. The first-order valence-electron chi connectivity index (χ1n) is 7.10. The Balaban J connectivity index is 2.41. The topological polar surface area (TPSA) is 51.1 Å². The van der Waals surface area contributed by atoms with E-state index >= 15 is 0 Å². The molecule has 5 nitrogen and oxygen atoms in total. The number of quaternary nitrogens is 1. The van der Waals surface area contributed by atoms with E-state index in [2.05, 4.69) is 7.05 Å². The molecule has 1 saturated heterocycles. The van der Waals surface area contributed by atoms with Crippen LogP contribution in [0, 0.1) is 6.92 Å². The smallest absolute Gasteiger partial charge is 0.247 e. The molecule has 0 saturated carbocycles. The summed E-state index contributed by atoms with van der Waals surface area (Å²) in [7, 11) is -1.50. The number of nitrogens with zero attached hydrogens (tertiary/aromatic N) is 1. The van der Waals surface area contributed by atoms with Crippen molar-refractivity contribution in [3.63, 3.8) is 0 Å². The highest BCUT2D eigenvalue weighted by Crippen LogP contribution is 2.32. The Hall–Kier alpha value is -0.820. The molecule has 0 amide bonds. The molecule has 0 unspecified atom stereocenters. The first-order chi connectivity index (χ1) is 9.86. The van der Waals surface area contributed by atoms with Crippen LogP contribution >= 0.6 is 11.6 Å². The van der Waals surface area contributed by atoms with Gasteiger partial charge in [-0.15, -0.1) is 0 Å². The van der Waals surface area contributed by atoms with Crippen LogP contribution in [0.4, 0.5) is 0 Å². The minimum absolute atomic E-state index is 0.166. The molecule has 21 heavy (non-hydrogen) atoms. The molecule has 1 fully saturated rings. The standard InChI is InChI=1S/C14H21ClN2O3S/c1-4-20-13-9-11(2)12(15)10-14(13)21(18,19)17-7-5-16(3)6-8-17/h9-10H,4-8H2,1-3H3/p+1. The molecule has 1 aliphatic heterocycles. The van der Waals surface area contributed by atoms with Crippen LogP contribution in [0.15, 0.2) is 17.0 Å². The van der Waals surface area contributed by atoms with Gasteiger partial charge in [-0.05, 0) is 31.5 Å². The van der Waals surface area contributed by atoms with E-state index in [0.29, 0.717) is 30.5 Å². The maximum atomic E-state index is 12.8. The lowest BCUT2D eigenvalue weighted by molar-refractivity contribution is -0.883. The van der Waals surface area contributed by atoms with E-state index in [1.165, 1.54) is 15.3 Å². The van der Waals surface area contributed by atoms with Gasteiger partial charge < -0.3 is 9.64 Å². The Morgan fingerprint density at radius 3 is 2.52 bits per heavy atom. The maximum absolute atomic E-state index is 12.8. The van der Waals surface area contributed by atoms with Gasteiger partial charge in [-0.1, -0.05) is 11.6 Å². The van der Waals surface area contributed by atoms with Gasteiger partial charge in [0.15, 0.2) is 0 Å². The van der Waals surface area contributed by atoms with Crippen molar-refractivity contribution in [3.05, 3.63) is 22.7 Å². The van der Waals surface area contributed by atoms with Crippen molar-refractivity contribution in [2.24, 2.45) is 0 Å². The van der Waals surface area contributed by atoms with E-state index in [9.17, 15) is 8.42 Å². The van der Waals surface area contributed by atoms with Gasteiger partial charge in [0, 0.05) is 5.02 Å². The second-order valence-corrected chi connectivity index (χ2v) is 7.66. The minimum atomic E-state index is -3.57. The van der Waals surface area contributed by atoms with E-state index < -0.39 is 10.0 Å². The SMILES string of the molecule is CCOc1cc(C)c(Cl)cc1S(=O)(=O)N1CC[NH+](C)CC1. The van der Waals surface area contributed by atoms with E-state index in [1.807, 2.05) is 13.8 Å². The molecule has 1 aromatic rings. The van der Waals surface area contributed by atoms with Crippen molar-refractivity contribution < 1.29 is 18.1 Å². The maximum Gasteiger partial charge on any atom is 0.247 e. The van der Waals surface area contributed by atoms with Crippen LogP contribution in [0.1, 0.15) is 12.5 Å². The summed E-state index contributed by atoms with van der Waals surface area (Å²) in [5, 5.41) is 0.441. The van der Waals surface area contributed by atoms with Gasteiger partial charge in [0.2, 0.25) is 10.0 Å². The monoisotopic (exact) mass is 333 g/mol. The molecular formula is C14H22ClN2O3S+. The van der Waals surface area contributed by atoms with Crippen LogP contribution in [-0.2, 0) is 10.0 Å². The fourth-order valence-electron chi connectivity index (χ4n) is 2.35. The van der Waals surface area contributed by atoms with Gasteiger partial charge in [-0.2, -0.15) is 4.31 Å². The van der Waals surface area contributed by atoms with Gasteiger partial charge in [0.1, 0.15) is 10.6 Å². The zero-order valence-electron chi connectivity index (χ0n) is 12.6. The zero-order valence-corrected chi connectivity index (χ0v) is 14.2. The summed E-state index contributed by atoms with van der Waals surface area (Å²) in [6.07, 6.45) is 0. The lowest BCUT2D eigenvalue weighted by atomic mass is 10.2. The summed E-state index contributed by atoms with van der Waals surface area (Å²) >= 11 is 6.11. The number of likely N-dealkylation sites (N-methyl/N-ethyl adjacent to an activating group) is 1. The van der Waals surface area contributed by atoms with Crippen LogP contribution < -0.4 is 9.64 Å². The molecular weight excluding hydrogens is 312 g/mol. The number of hydrogen-bond donors (Lipinski definition) is 1. The van der Waals surface area contributed by atoms with Gasteiger partial charge in [0.05, 0.1) is 39.8 Å². The van der Waals surface area contributed by atoms with Crippen LogP contribution in [-0.4, -0.2) is 52.6 Å². The molecule has 118 valence electrons.